The molecule has 0 spiro atoms. The number of aliphatic hydroxyl groups is 1. The Kier molecular flexibility index (Phi) is 11.9. The molecule has 50 heavy (non-hydrogen) atoms. The number of likely N-dealkylation sites (tertiary alicyclic amines) is 2. The van der Waals surface area contributed by atoms with E-state index in [1.54, 1.807) is 16.8 Å². The van der Waals surface area contributed by atoms with Crippen LogP contribution in [0.25, 0.3) is 11.1 Å². The van der Waals surface area contributed by atoms with E-state index < -0.39 is 0 Å². The average molecular weight is 696 g/mol. The van der Waals surface area contributed by atoms with Crippen molar-refractivity contribution >= 4 is 11.6 Å². The first-order valence-electron chi connectivity index (χ1n) is 17.6. The zero-order chi connectivity index (χ0) is 35.0. The number of aryl methyl sites for hydroxylation is 1. The summed E-state index contributed by atoms with van der Waals surface area (Å²) in [5.74, 6) is 1.19. The summed E-state index contributed by atoms with van der Waals surface area (Å²) in [7, 11) is 0. The Morgan fingerprint density at radius 3 is 2.62 bits per heavy atom. The molecule has 2 aliphatic rings. The lowest BCUT2D eigenvalue weighted by Gasteiger charge is -2.33. The van der Waals surface area contributed by atoms with Crippen LogP contribution in [0.4, 0.5) is 0 Å². The van der Waals surface area contributed by atoms with Gasteiger partial charge < -0.3 is 24.0 Å². The van der Waals surface area contributed by atoms with E-state index in [-0.39, 0.29) is 24.9 Å². The predicted molar refractivity (Wildman–Crippen MR) is 195 cm³/mol. The number of hydrogen-bond acceptors (Lipinski definition) is 8. The van der Waals surface area contributed by atoms with Crippen LogP contribution in [0.1, 0.15) is 66.8 Å². The van der Waals surface area contributed by atoms with Gasteiger partial charge in [-0.2, -0.15) is 5.26 Å². The lowest BCUT2D eigenvalue weighted by Crippen LogP contribution is -2.36. The molecule has 2 saturated heterocycles. The number of pyridine rings is 2. The number of rotatable bonds is 13. The number of β-amino-alcohol motifs (C(OH)–C–C–N with tert-alkyl or cyclic N) is 1. The van der Waals surface area contributed by atoms with Crippen molar-refractivity contribution in [2.75, 3.05) is 26.2 Å². The number of aromatic nitrogens is 2. The number of nitrogens with zero attached hydrogens (tertiary/aromatic N) is 5. The van der Waals surface area contributed by atoms with Crippen molar-refractivity contribution in [3.05, 3.63) is 110 Å². The molecule has 2 aliphatic heterocycles. The highest BCUT2D eigenvalue weighted by atomic mass is 35.5. The largest absolute Gasteiger partial charge is 0.488 e. The topological polar surface area (TPSA) is 104 Å². The van der Waals surface area contributed by atoms with E-state index in [0.29, 0.717) is 53.3 Å². The minimum atomic E-state index is -0.239. The zero-order valence-corrected chi connectivity index (χ0v) is 29.7. The van der Waals surface area contributed by atoms with Gasteiger partial charge in [0.25, 0.3) is 5.56 Å². The minimum absolute atomic E-state index is 0.0194. The molecule has 262 valence electrons. The van der Waals surface area contributed by atoms with E-state index in [2.05, 4.69) is 27.8 Å². The number of halogens is 1. The van der Waals surface area contributed by atoms with Crippen molar-refractivity contribution in [3.8, 4) is 28.7 Å². The Morgan fingerprint density at radius 2 is 1.82 bits per heavy atom. The van der Waals surface area contributed by atoms with Gasteiger partial charge in [-0.3, -0.25) is 14.7 Å². The molecule has 9 nitrogen and oxygen atoms in total. The van der Waals surface area contributed by atoms with E-state index in [1.807, 2.05) is 55.6 Å². The van der Waals surface area contributed by atoms with Crippen LogP contribution in [0, 0.1) is 18.3 Å². The van der Waals surface area contributed by atoms with Gasteiger partial charge in [0, 0.05) is 73.6 Å². The van der Waals surface area contributed by atoms with Gasteiger partial charge in [0.15, 0.2) is 0 Å². The van der Waals surface area contributed by atoms with Crippen molar-refractivity contribution in [1.82, 2.24) is 19.4 Å². The highest BCUT2D eigenvalue weighted by molar-refractivity contribution is 6.32. The maximum atomic E-state index is 13.6. The smallest absolute Gasteiger partial charge is 0.258 e. The summed E-state index contributed by atoms with van der Waals surface area (Å²) in [6, 6.07) is 18.0. The maximum absolute atomic E-state index is 13.6. The van der Waals surface area contributed by atoms with Gasteiger partial charge in [0.2, 0.25) is 0 Å². The second kappa shape index (κ2) is 16.7. The molecule has 2 aromatic heterocycles. The van der Waals surface area contributed by atoms with E-state index >= 15 is 0 Å². The first-order valence-corrected chi connectivity index (χ1v) is 18.0. The molecule has 1 N–H and O–H groups in total. The van der Waals surface area contributed by atoms with Crippen molar-refractivity contribution in [3.63, 3.8) is 0 Å². The molecular formula is C40H46ClN5O4. The predicted octanol–water partition coefficient (Wildman–Crippen LogP) is 6.73. The van der Waals surface area contributed by atoms with E-state index in [1.165, 1.54) is 19.0 Å². The molecule has 0 radical (unpaired) electrons. The van der Waals surface area contributed by atoms with E-state index in [0.717, 1.165) is 66.7 Å². The molecule has 2 atom stereocenters. The number of ether oxygens (including phenoxy) is 2. The van der Waals surface area contributed by atoms with Crippen LogP contribution < -0.4 is 15.0 Å². The Morgan fingerprint density at radius 1 is 0.980 bits per heavy atom. The van der Waals surface area contributed by atoms with Crippen molar-refractivity contribution in [1.29, 1.82) is 5.26 Å². The van der Waals surface area contributed by atoms with Gasteiger partial charge >= 0.3 is 0 Å². The fourth-order valence-electron chi connectivity index (χ4n) is 7.03. The maximum Gasteiger partial charge on any atom is 0.258 e. The molecule has 0 bridgehead atoms. The second-order valence-corrected chi connectivity index (χ2v) is 14.0. The molecule has 0 aliphatic carbocycles. The highest BCUT2D eigenvalue weighted by Gasteiger charge is 2.22. The van der Waals surface area contributed by atoms with Crippen LogP contribution in [0.3, 0.4) is 0 Å². The third-order valence-electron chi connectivity index (χ3n) is 10.0. The fraction of sp³-hybridized carbons (Fsp3) is 0.425. The quantitative estimate of drug-likeness (QED) is 0.164. The molecule has 0 amide bonds. The molecule has 6 rings (SSSR count). The molecule has 4 heterocycles. The summed E-state index contributed by atoms with van der Waals surface area (Å²) >= 11 is 6.87. The first kappa shape index (κ1) is 35.6. The SMILES string of the molecule is Cc1c(COc2cc(OCc3cncc(C#N)c3)c(CN3CCCC[C@H]3C)cc2Cl)cccc1-c1cccn(CCCN2CC[C@@H](O)C2)c1=O. The minimum Gasteiger partial charge on any atom is -0.488 e. The fourth-order valence-corrected chi connectivity index (χ4v) is 7.27. The van der Waals surface area contributed by atoms with Crippen LogP contribution in [-0.2, 0) is 26.3 Å². The van der Waals surface area contributed by atoms with Gasteiger partial charge in [-0.15, -0.1) is 0 Å². The summed E-state index contributed by atoms with van der Waals surface area (Å²) in [6.45, 7) is 9.63. The monoisotopic (exact) mass is 695 g/mol. The van der Waals surface area contributed by atoms with Crippen LogP contribution in [0.2, 0.25) is 5.02 Å². The van der Waals surface area contributed by atoms with Crippen molar-refractivity contribution in [2.24, 2.45) is 0 Å². The average Bonchev–Trinajstić information content (AvgIpc) is 3.54. The summed E-state index contributed by atoms with van der Waals surface area (Å²) < 4.78 is 14.5. The summed E-state index contributed by atoms with van der Waals surface area (Å²) in [6.07, 6.45) is 10.1. The van der Waals surface area contributed by atoms with Crippen LogP contribution in [0.5, 0.6) is 11.5 Å². The number of piperidine rings is 1. The third kappa shape index (κ3) is 8.74. The second-order valence-electron chi connectivity index (χ2n) is 13.6. The Balaban J connectivity index is 1.19. The number of benzene rings is 2. The molecule has 2 fully saturated rings. The molecule has 0 unspecified atom stereocenters. The Hall–Kier alpha value is -4.20. The summed E-state index contributed by atoms with van der Waals surface area (Å²) in [4.78, 5) is 22.5. The van der Waals surface area contributed by atoms with Crippen molar-refractivity contribution < 1.29 is 14.6 Å². The van der Waals surface area contributed by atoms with Gasteiger partial charge in [0.1, 0.15) is 30.8 Å². The van der Waals surface area contributed by atoms with E-state index in [4.69, 9.17) is 21.1 Å². The standard InChI is InChI=1S/C40H46ClN5O4/c1-28-8-3-4-14-46(28)24-33-19-37(41)39(20-38(33)49-26-31-18-30(21-42)22-43-23-31)50-27-32-9-5-10-35(29(32)2)36-11-6-15-45(40(36)48)16-7-13-44-17-12-34(47)25-44/h5-6,9-11,15,18-20,22-23,28,34,47H,3-4,7-8,12-14,16-17,24-27H2,1-2H3/t28-,34-/m1/s1. The Labute approximate surface area is 299 Å². The number of nitriles is 1. The molecule has 4 aromatic rings. The third-order valence-corrected chi connectivity index (χ3v) is 10.3. The molecule has 10 heteroatoms. The highest BCUT2D eigenvalue weighted by Crippen LogP contribution is 2.36. The normalized spacial score (nSPS) is 18.2. The zero-order valence-electron chi connectivity index (χ0n) is 29.0. The Bertz CT molecular complexity index is 1890. The number of hydrogen-bond donors (Lipinski definition) is 1. The van der Waals surface area contributed by atoms with Crippen LogP contribution in [-0.4, -0.2) is 62.8 Å². The first-order chi connectivity index (χ1) is 24.3. The molecule has 2 aromatic carbocycles. The lowest BCUT2D eigenvalue weighted by molar-refractivity contribution is 0.150. The molecular weight excluding hydrogens is 650 g/mol. The van der Waals surface area contributed by atoms with E-state index in [9.17, 15) is 15.2 Å². The van der Waals surface area contributed by atoms with Gasteiger partial charge in [-0.1, -0.05) is 36.2 Å². The van der Waals surface area contributed by atoms with Gasteiger partial charge in [-0.05, 0) is 93.6 Å². The van der Waals surface area contributed by atoms with Crippen LogP contribution >= 0.6 is 11.6 Å². The summed E-state index contributed by atoms with van der Waals surface area (Å²) in [5.41, 5.74) is 5.71. The van der Waals surface area contributed by atoms with Crippen molar-refractivity contribution in [2.45, 2.75) is 84.4 Å². The van der Waals surface area contributed by atoms with Gasteiger partial charge in [-0.25, -0.2) is 0 Å². The lowest BCUT2D eigenvalue weighted by atomic mass is 9.97. The van der Waals surface area contributed by atoms with Crippen LogP contribution in [0.15, 0.2) is 71.9 Å². The van der Waals surface area contributed by atoms with Gasteiger partial charge in [0.05, 0.1) is 16.7 Å². The number of aliphatic hydroxyl groups excluding tert-OH is 1. The molecule has 0 saturated carbocycles. The summed E-state index contributed by atoms with van der Waals surface area (Å²) in [5, 5.41) is 19.7.